The molecule has 2 N–H and O–H groups in total. The first-order valence-electron chi connectivity index (χ1n) is 11.2. The van der Waals surface area contributed by atoms with E-state index in [1.165, 1.54) is 0 Å². The summed E-state index contributed by atoms with van der Waals surface area (Å²) < 4.78 is 40.8. The van der Waals surface area contributed by atoms with E-state index in [4.69, 9.17) is 11.6 Å². The predicted octanol–water partition coefficient (Wildman–Crippen LogP) is 6.16. The molecule has 1 aromatic heterocycles. The number of amides is 1. The number of anilines is 1. The summed E-state index contributed by atoms with van der Waals surface area (Å²) in [6.45, 7) is 0.761. The van der Waals surface area contributed by atoms with Crippen LogP contribution in [0.2, 0.25) is 5.02 Å². The third-order valence-corrected chi connectivity index (χ3v) is 6.52. The van der Waals surface area contributed by atoms with Crippen molar-refractivity contribution in [2.45, 2.75) is 37.9 Å². The normalized spacial score (nSPS) is 18.5. The Labute approximate surface area is 201 Å². The highest BCUT2D eigenvalue weighted by Gasteiger charge is 2.32. The second kappa shape index (κ2) is 10.1. The molecule has 3 aromatic rings. The minimum Gasteiger partial charge on any atom is -0.368 e. The van der Waals surface area contributed by atoms with Crippen molar-refractivity contribution in [1.82, 2.24) is 15.1 Å². The number of halogens is 4. The van der Waals surface area contributed by atoms with Crippen LogP contribution in [0.3, 0.4) is 0 Å². The van der Waals surface area contributed by atoms with Gasteiger partial charge < -0.3 is 10.6 Å². The number of aryl methyl sites for hydroxylation is 1. The van der Waals surface area contributed by atoms with Crippen LogP contribution in [0.1, 0.15) is 41.6 Å². The van der Waals surface area contributed by atoms with Crippen LogP contribution in [0.25, 0.3) is 11.1 Å². The van der Waals surface area contributed by atoms with Gasteiger partial charge in [0.15, 0.2) is 5.82 Å². The van der Waals surface area contributed by atoms with Crippen molar-refractivity contribution >= 4 is 23.3 Å². The van der Waals surface area contributed by atoms with Crippen LogP contribution in [-0.4, -0.2) is 28.3 Å². The molecule has 2 aromatic carbocycles. The van der Waals surface area contributed by atoms with Crippen molar-refractivity contribution in [2.75, 3.05) is 11.9 Å². The summed E-state index contributed by atoms with van der Waals surface area (Å²) in [7, 11) is 1.89. The minimum absolute atomic E-state index is 0.00738. The molecular formula is C25H26ClF3N4O. The van der Waals surface area contributed by atoms with Crippen molar-refractivity contribution < 1.29 is 18.0 Å². The summed E-state index contributed by atoms with van der Waals surface area (Å²) in [5.74, 6) is 0.679. The Bertz CT molecular complexity index is 1140. The van der Waals surface area contributed by atoms with E-state index in [2.05, 4.69) is 15.7 Å². The van der Waals surface area contributed by atoms with E-state index >= 15 is 0 Å². The number of aromatic nitrogens is 2. The molecule has 0 bridgehead atoms. The molecule has 1 saturated carbocycles. The van der Waals surface area contributed by atoms with Gasteiger partial charge >= 0.3 is 6.18 Å². The zero-order valence-electron chi connectivity index (χ0n) is 18.7. The predicted molar refractivity (Wildman–Crippen MR) is 127 cm³/mol. The Morgan fingerprint density at radius 3 is 2.50 bits per heavy atom. The van der Waals surface area contributed by atoms with Gasteiger partial charge in [-0.3, -0.25) is 9.48 Å². The van der Waals surface area contributed by atoms with Gasteiger partial charge in [0.05, 0.1) is 16.1 Å². The van der Waals surface area contributed by atoms with Gasteiger partial charge in [0.25, 0.3) is 5.91 Å². The highest BCUT2D eigenvalue weighted by molar-refractivity contribution is 6.33. The maximum Gasteiger partial charge on any atom is 0.416 e. The van der Waals surface area contributed by atoms with Crippen molar-refractivity contribution in [3.05, 3.63) is 70.9 Å². The number of nitrogens with zero attached hydrogens (tertiary/aromatic N) is 2. The Hall–Kier alpha value is -3.00. The van der Waals surface area contributed by atoms with Crippen molar-refractivity contribution in [1.29, 1.82) is 0 Å². The zero-order chi connectivity index (χ0) is 24.3. The molecule has 4 rings (SSSR count). The first-order chi connectivity index (χ1) is 16.2. The molecule has 0 unspecified atom stereocenters. The molecule has 5 nitrogen and oxygen atoms in total. The van der Waals surface area contributed by atoms with Gasteiger partial charge in [-0.25, -0.2) is 0 Å². The average molecular weight is 491 g/mol. The Morgan fingerprint density at radius 2 is 1.82 bits per heavy atom. The zero-order valence-corrected chi connectivity index (χ0v) is 19.5. The third kappa shape index (κ3) is 5.73. The second-order valence-electron chi connectivity index (χ2n) is 8.70. The number of rotatable bonds is 6. The van der Waals surface area contributed by atoms with E-state index in [1.807, 2.05) is 43.6 Å². The summed E-state index contributed by atoms with van der Waals surface area (Å²) in [5.41, 5.74) is 1.10. The smallest absolute Gasteiger partial charge is 0.368 e. The molecule has 34 heavy (non-hydrogen) atoms. The molecular weight excluding hydrogens is 465 g/mol. The van der Waals surface area contributed by atoms with E-state index in [0.717, 1.165) is 67.4 Å². The van der Waals surface area contributed by atoms with Crippen molar-refractivity contribution in [2.24, 2.45) is 13.0 Å². The van der Waals surface area contributed by atoms with Crippen LogP contribution < -0.4 is 10.6 Å². The molecule has 0 aliphatic heterocycles. The van der Waals surface area contributed by atoms with Gasteiger partial charge in [-0.2, -0.15) is 18.3 Å². The number of carbonyl (C=O) groups excluding carboxylic acids is 1. The van der Waals surface area contributed by atoms with Gasteiger partial charge in [0, 0.05) is 31.4 Å². The molecule has 9 heteroatoms. The van der Waals surface area contributed by atoms with Crippen LogP contribution >= 0.6 is 11.6 Å². The van der Waals surface area contributed by atoms with Gasteiger partial charge in [-0.15, -0.1) is 0 Å². The molecule has 0 saturated heterocycles. The largest absolute Gasteiger partial charge is 0.416 e. The molecule has 0 atom stereocenters. The Kier molecular flexibility index (Phi) is 7.16. The highest BCUT2D eigenvalue weighted by atomic mass is 35.5. The van der Waals surface area contributed by atoms with Crippen LogP contribution in [0.5, 0.6) is 0 Å². The molecule has 0 radical (unpaired) electrons. The summed E-state index contributed by atoms with van der Waals surface area (Å²) in [6, 6.07) is 12.8. The number of hydrogen-bond acceptors (Lipinski definition) is 3. The Morgan fingerprint density at radius 1 is 1.12 bits per heavy atom. The molecule has 1 fully saturated rings. The summed E-state index contributed by atoms with van der Waals surface area (Å²) >= 11 is 6.00. The molecule has 180 valence electrons. The lowest BCUT2D eigenvalue weighted by Gasteiger charge is -2.29. The lowest BCUT2D eigenvalue weighted by molar-refractivity contribution is -0.137. The summed E-state index contributed by atoms with van der Waals surface area (Å²) in [4.78, 5) is 12.6. The number of nitrogens with one attached hydrogen (secondary N) is 2. The fourth-order valence-electron chi connectivity index (χ4n) is 4.34. The fraction of sp³-hybridized carbons (Fsp3) is 0.360. The molecule has 0 spiro atoms. The van der Waals surface area contributed by atoms with Gasteiger partial charge in [-0.1, -0.05) is 41.9 Å². The number of carbonyl (C=O) groups is 1. The van der Waals surface area contributed by atoms with Gasteiger partial charge in [0.2, 0.25) is 0 Å². The average Bonchev–Trinajstić information content (AvgIpc) is 3.19. The summed E-state index contributed by atoms with van der Waals surface area (Å²) in [5, 5.41) is 10.9. The van der Waals surface area contributed by atoms with Gasteiger partial charge in [-0.05, 0) is 55.4 Å². The van der Waals surface area contributed by atoms with E-state index in [0.29, 0.717) is 5.92 Å². The van der Waals surface area contributed by atoms with Crippen LogP contribution in [0.4, 0.5) is 19.0 Å². The van der Waals surface area contributed by atoms with Crippen LogP contribution in [0, 0.1) is 5.92 Å². The van der Waals surface area contributed by atoms with Crippen LogP contribution in [0.15, 0.2) is 54.7 Å². The standard InChI is InChI=1S/C25H26ClF3N4O/c1-33-15-21(17-5-3-2-4-6-17)23(32-33)30-14-16-7-10-19(11-8-16)31-24(34)20-13-18(25(27,28)29)9-12-22(20)26/h2-6,9,12-13,15-16,19H,7-8,10-11,14H2,1H3,(H,30,32)(H,31,34). The topological polar surface area (TPSA) is 59.0 Å². The van der Waals surface area contributed by atoms with E-state index in [9.17, 15) is 18.0 Å². The fourth-order valence-corrected chi connectivity index (χ4v) is 4.54. The molecule has 1 heterocycles. The number of alkyl halides is 3. The molecule has 1 aliphatic carbocycles. The first kappa shape index (κ1) is 24.1. The number of hydrogen-bond donors (Lipinski definition) is 2. The second-order valence-corrected chi connectivity index (χ2v) is 9.10. The van der Waals surface area contributed by atoms with Crippen molar-refractivity contribution in [3.8, 4) is 11.1 Å². The lowest BCUT2D eigenvalue weighted by atomic mass is 9.86. The minimum atomic E-state index is -4.53. The quantitative estimate of drug-likeness (QED) is 0.435. The summed E-state index contributed by atoms with van der Waals surface area (Å²) in [6.07, 6.45) is 0.746. The van der Waals surface area contributed by atoms with Crippen molar-refractivity contribution in [3.63, 3.8) is 0 Å². The van der Waals surface area contributed by atoms with E-state index < -0.39 is 17.6 Å². The van der Waals surface area contributed by atoms with Crippen LogP contribution in [-0.2, 0) is 13.2 Å². The maximum atomic E-state index is 13.0. The first-order valence-corrected chi connectivity index (χ1v) is 11.6. The van der Waals surface area contributed by atoms with E-state index in [1.54, 1.807) is 4.68 Å². The SMILES string of the molecule is Cn1cc(-c2ccccc2)c(NCC2CCC(NC(=O)c3cc(C(F)(F)F)ccc3Cl)CC2)n1. The highest BCUT2D eigenvalue weighted by Crippen LogP contribution is 2.32. The Balaban J connectivity index is 1.31. The molecule has 1 aliphatic rings. The number of benzene rings is 2. The maximum absolute atomic E-state index is 13.0. The lowest BCUT2D eigenvalue weighted by Crippen LogP contribution is -2.38. The third-order valence-electron chi connectivity index (χ3n) is 6.19. The monoisotopic (exact) mass is 490 g/mol. The molecule has 1 amide bonds. The van der Waals surface area contributed by atoms with E-state index in [-0.39, 0.29) is 16.6 Å². The van der Waals surface area contributed by atoms with Gasteiger partial charge in [0.1, 0.15) is 0 Å².